The number of ether oxygens (including phenoxy) is 1. The SMILES string of the molecule is O=C(Cc1ccc(F)cc1)N1CCc2cnc(N3CCOCC3)nc2C1. The number of nitrogens with zero attached hydrogens (tertiary/aromatic N) is 4. The molecule has 1 saturated heterocycles. The van der Waals surface area contributed by atoms with Gasteiger partial charge in [-0.3, -0.25) is 4.79 Å². The van der Waals surface area contributed by atoms with Gasteiger partial charge in [0.1, 0.15) is 5.82 Å². The van der Waals surface area contributed by atoms with Gasteiger partial charge in [0.2, 0.25) is 11.9 Å². The van der Waals surface area contributed by atoms with Crippen LogP contribution in [-0.4, -0.2) is 53.6 Å². The topological polar surface area (TPSA) is 58.6 Å². The number of halogens is 1. The van der Waals surface area contributed by atoms with Crippen LogP contribution in [0.3, 0.4) is 0 Å². The molecule has 1 aromatic carbocycles. The minimum absolute atomic E-state index is 0.0359. The maximum Gasteiger partial charge on any atom is 0.227 e. The first kappa shape index (κ1) is 16.9. The largest absolute Gasteiger partial charge is 0.378 e. The van der Waals surface area contributed by atoms with E-state index in [-0.39, 0.29) is 18.1 Å². The van der Waals surface area contributed by atoms with E-state index in [0.717, 1.165) is 36.3 Å². The van der Waals surface area contributed by atoms with Crippen LogP contribution in [0.1, 0.15) is 16.8 Å². The molecule has 0 atom stereocenters. The Hall–Kier alpha value is -2.54. The molecule has 0 N–H and O–H groups in total. The highest BCUT2D eigenvalue weighted by molar-refractivity contribution is 5.79. The third-order valence-electron chi connectivity index (χ3n) is 4.85. The van der Waals surface area contributed by atoms with Crippen LogP contribution in [0, 0.1) is 5.82 Å². The van der Waals surface area contributed by atoms with Crippen molar-refractivity contribution in [3.05, 3.63) is 53.1 Å². The van der Waals surface area contributed by atoms with Gasteiger partial charge in [-0.1, -0.05) is 12.1 Å². The average Bonchev–Trinajstić information content (AvgIpc) is 2.69. The second-order valence-corrected chi connectivity index (χ2v) is 6.61. The molecule has 0 bridgehead atoms. The van der Waals surface area contributed by atoms with Gasteiger partial charge >= 0.3 is 0 Å². The zero-order valence-corrected chi connectivity index (χ0v) is 14.5. The van der Waals surface area contributed by atoms with E-state index >= 15 is 0 Å². The molecule has 2 aromatic rings. The highest BCUT2D eigenvalue weighted by atomic mass is 19.1. The lowest BCUT2D eigenvalue weighted by atomic mass is 10.1. The molecule has 0 spiro atoms. The Balaban J connectivity index is 1.45. The lowest BCUT2D eigenvalue weighted by molar-refractivity contribution is -0.131. The van der Waals surface area contributed by atoms with E-state index in [4.69, 9.17) is 9.72 Å². The molecule has 6 nitrogen and oxygen atoms in total. The molecule has 2 aliphatic heterocycles. The molecule has 0 aliphatic carbocycles. The molecule has 2 aliphatic rings. The molecule has 136 valence electrons. The Labute approximate surface area is 151 Å². The first-order chi connectivity index (χ1) is 12.7. The van der Waals surface area contributed by atoms with Crippen molar-refractivity contribution in [2.24, 2.45) is 0 Å². The van der Waals surface area contributed by atoms with Crippen LogP contribution >= 0.6 is 0 Å². The maximum atomic E-state index is 13.0. The predicted octanol–water partition coefficient (Wildman–Crippen LogP) is 1.58. The van der Waals surface area contributed by atoms with Crippen molar-refractivity contribution in [3.63, 3.8) is 0 Å². The predicted molar refractivity (Wildman–Crippen MR) is 94.3 cm³/mol. The number of hydrogen-bond donors (Lipinski definition) is 0. The average molecular weight is 356 g/mol. The Morgan fingerprint density at radius 1 is 1.15 bits per heavy atom. The molecule has 26 heavy (non-hydrogen) atoms. The van der Waals surface area contributed by atoms with Gasteiger partial charge in [0.25, 0.3) is 0 Å². The second kappa shape index (κ2) is 7.37. The van der Waals surface area contributed by atoms with Crippen LogP contribution in [0.15, 0.2) is 30.5 Å². The summed E-state index contributed by atoms with van der Waals surface area (Å²) in [6.45, 7) is 4.09. The fraction of sp³-hybridized carbons (Fsp3) is 0.421. The molecule has 0 radical (unpaired) electrons. The number of aromatic nitrogens is 2. The molecule has 1 amide bonds. The fourth-order valence-electron chi connectivity index (χ4n) is 3.31. The van der Waals surface area contributed by atoms with E-state index in [9.17, 15) is 9.18 Å². The number of carbonyl (C=O) groups excluding carboxylic acids is 1. The summed E-state index contributed by atoms with van der Waals surface area (Å²) in [6, 6.07) is 6.08. The van der Waals surface area contributed by atoms with Crippen LogP contribution in [-0.2, 0) is 28.9 Å². The van der Waals surface area contributed by atoms with Crippen LogP contribution in [0.4, 0.5) is 10.3 Å². The zero-order valence-electron chi connectivity index (χ0n) is 14.5. The first-order valence-corrected chi connectivity index (χ1v) is 8.89. The number of fused-ring (bicyclic) bond motifs is 1. The summed E-state index contributed by atoms with van der Waals surface area (Å²) in [5.41, 5.74) is 2.84. The number of amides is 1. The molecule has 0 saturated carbocycles. The summed E-state index contributed by atoms with van der Waals surface area (Å²) >= 11 is 0. The van der Waals surface area contributed by atoms with Crippen molar-refractivity contribution < 1.29 is 13.9 Å². The van der Waals surface area contributed by atoms with Gasteiger partial charge in [-0.05, 0) is 29.7 Å². The van der Waals surface area contributed by atoms with Gasteiger partial charge < -0.3 is 14.5 Å². The number of hydrogen-bond acceptors (Lipinski definition) is 5. The zero-order chi connectivity index (χ0) is 17.9. The van der Waals surface area contributed by atoms with Gasteiger partial charge in [0.05, 0.1) is 31.9 Å². The third kappa shape index (κ3) is 3.67. The smallest absolute Gasteiger partial charge is 0.227 e. The molecule has 1 fully saturated rings. The lowest BCUT2D eigenvalue weighted by Crippen LogP contribution is -2.39. The van der Waals surface area contributed by atoms with Crippen molar-refractivity contribution in [2.75, 3.05) is 37.7 Å². The highest BCUT2D eigenvalue weighted by Gasteiger charge is 2.24. The molecule has 4 rings (SSSR count). The summed E-state index contributed by atoms with van der Waals surface area (Å²) in [7, 11) is 0. The number of rotatable bonds is 3. The summed E-state index contributed by atoms with van der Waals surface area (Å²) in [6.07, 6.45) is 2.92. The maximum absolute atomic E-state index is 13.0. The monoisotopic (exact) mass is 356 g/mol. The first-order valence-electron chi connectivity index (χ1n) is 8.89. The summed E-state index contributed by atoms with van der Waals surface area (Å²) in [5.74, 6) is 0.453. The van der Waals surface area contributed by atoms with Crippen molar-refractivity contribution in [2.45, 2.75) is 19.4 Å². The van der Waals surface area contributed by atoms with Crippen LogP contribution in [0.25, 0.3) is 0 Å². The Morgan fingerprint density at radius 3 is 2.69 bits per heavy atom. The van der Waals surface area contributed by atoms with Crippen LogP contribution in [0.5, 0.6) is 0 Å². The van der Waals surface area contributed by atoms with E-state index in [1.54, 1.807) is 12.1 Å². The van der Waals surface area contributed by atoms with Crippen molar-refractivity contribution in [3.8, 4) is 0 Å². The van der Waals surface area contributed by atoms with Gasteiger partial charge in [-0.25, -0.2) is 14.4 Å². The minimum Gasteiger partial charge on any atom is -0.378 e. The number of anilines is 1. The van der Waals surface area contributed by atoms with Crippen molar-refractivity contribution in [1.29, 1.82) is 0 Å². The fourth-order valence-corrected chi connectivity index (χ4v) is 3.31. The number of morpholine rings is 1. The van der Waals surface area contributed by atoms with Gasteiger partial charge in [0, 0.05) is 25.8 Å². The third-order valence-corrected chi connectivity index (χ3v) is 4.85. The standard InChI is InChI=1S/C19H21FN4O2/c20-16-3-1-14(2-4-16)11-18(25)24-6-5-15-12-21-19(22-17(15)13-24)23-7-9-26-10-8-23/h1-4,12H,5-11,13H2. The van der Waals surface area contributed by atoms with Crippen molar-refractivity contribution in [1.82, 2.24) is 14.9 Å². The minimum atomic E-state index is -0.291. The van der Waals surface area contributed by atoms with E-state index in [1.165, 1.54) is 12.1 Å². The summed E-state index contributed by atoms with van der Waals surface area (Å²) in [5, 5.41) is 0. The Kier molecular flexibility index (Phi) is 4.79. The van der Waals surface area contributed by atoms with Gasteiger partial charge in [-0.15, -0.1) is 0 Å². The Bertz CT molecular complexity index is 791. The van der Waals surface area contributed by atoms with Gasteiger partial charge in [0.15, 0.2) is 0 Å². The van der Waals surface area contributed by atoms with Crippen LogP contribution in [0.2, 0.25) is 0 Å². The van der Waals surface area contributed by atoms with Gasteiger partial charge in [-0.2, -0.15) is 0 Å². The van der Waals surface area contributed by atoms with E-state index in [0.29, 0.717) is 32.3 Å². The van der Waals surface area contributed by atoms with Crippen LogP contribution < -0.4 is 4.90 Å². The van der Waals surface area contributed by atoms with E-state index in [1.807, 2.05) is 11.1 Å². The molecule has 7 heteroatoms. The quantitative estimate of drug-likeness (QED) is 0.836. The molecule has 1 aromatic heterocycles. The molecular weight excluding hydrogens is 335 g/mol. The van der Waals surface area contributed by atoms with Crippen molar-refractivity contribution >= 4 is 11.9 Å². The number of benzene rings is 1. The van der Waals surface area contributed by atoms with E-state index in [2.05, 4.69) is 9.88 Å². The number of carbonyl (C=O) groups is 1. The Morgan fingerprint density at radius 2 is 1.92 bits per heavy atom. The normalized spacial score (nSPS) is 17.1. The second-order valence-electron chi connectivity index (χ2n) is 6.61. The lowest BCUT2D eigenvalue weighted by Gasteiger charge is -2.30. The summed E-state index contributed by atoms with van der Waals surface area (Å²) < 4.78 is 18.4. The summed E-state index contributed by atoms with van der Waals surface area (Å²) in [4.78, 5) is 25.7. The molecule has 3 heterocycles. The van der Waals surface area contributed by atoms with E-state index < -0.39 is 0 Å². The molecule has 0 unspecified atom stereocenters. The highest BCUT2D eigenvalue weighted by Crippen LogP contribution is 2.20. The molecular formula is C19H21FN4O2.